The molecule has 0 saturated heterocycles. The first-order valence-electron chi connectivity index (χ1n) is 10.4. The second-order valence-electron chi connectivity index (χ2n) is 9.44. The topological polar surface area (TPSA) is 112 Å². The van der Waals surface area contributed by atoms with Gasteiger partial charge in [0.05, 0.1) is 19.3 Å². The molecule has 3 aliphatic rings. The highest BCUT2D eigenvalue weighted by molar-refractivity contribution is 7.91. The lowest BCUT2D eigenvalue weighted by Crippen LogP contribution is -2.33. The fourth-order valence-electron chi connectivity index (χ4n) is 4.83. The predicted molar refractivity (Wildman–Crippen MR) is 114 cm³/mol. The van der Waals surface area contributed by atoms with Crippen molar-refractivity contribution in [1.29, 1.82) is 0 Å². The molecule has 30 heavy (non-hydrogen) atoms. The highest BCUT2D eigenvalue weighted by Gasteiger charge is 2.33. The summed E-state index contributed by atoms with van der Waals surface area (Å²) in [5.41, 5.74) is 5.70. The van der Waals surface area contributed by atoms with Gasteiger partial charge in [0, 0.05) is 11.1 Å². The van der Waals surface area contributed by atoms with Gasteiger partial charge in [0.25, 0.3) is 0 Å². The maximum atomic E-state index is 13.2. The van der Waals surface area contributed by atoms with Gasteiger partial charge in [-0.15, -0.1) is 4.36 Å². The van der Waals surface area contributed by atoms with E-state index in [1.165, 1.54) is 28.5 Å². The highest BCUT2D eigenvalue weighted by Crippen LogP contribution is 2.45. The van der Waals surface area contributed by atoms with Crippen LogP contribution >= 0.6 is 0 Å². The summed E-state index contributed by atoms with van der Waals surface area (Å²) in [4.78, 5) is 12.9. The summed E-state index contributed by atoms with van der Waals surface area (Å²) >= 11 is 0. The minimum Gasteiger partial charge on any atom is -0.476 e. The van der Waals surface area contributed by atoms with Crippen LogP contribution in [0.15, 0.2) is 21.5 Å². The molecule has 2 aromatic rings. The number of rotatable bonds is 2. The number of fused-ring (bicyclic) bond motifs is 3. The molecule has 0 spiro atoms. The van der Waals surface area contributed by atoms with Crippen molar-refractivity contribution in [2.45, 2.75) is 63.8 Å². The Hall–Kier alpha value is -2.39. The lowest BCUT2D eigenvalue weighted by atomic mass is 9.75. The SMILES string of the molecule is CC1Cc2cc3c(c(NC(=O)N=S(N)(=O)c4cnn5c4OCC(C)(C)C5)c21)CCC3. The number of benzene rings is 1. The number of anilines is 1. The Balaban J connectivity index is 1.47. The molecular formula is C21H27N5O3S. The average Bonchev–Trinajstić information content (AvgIpc) is 3.25. The third-order valence-electron chi connectivity index (χ3n) is 6.25. The van der Waals surface area contributed by atoms with Crippen LogP contribution in [0.5, 0.6) is 5.88 Å². The number of amides is 2. The number of aryl methyl sites for hydroxylation is 1. The van der Waals surface area contributed by atoms with Crippen molar-refractivity contribution in [3.05, 3.63) is 34.5 Å². The molecule has 0 fully saturated rings. The molecule has 8 nitrogen and oxygen atoms in total. The molecule has 2 atom stereocenters. The fourth-order valence-corrected chi connectivity index (χ4v) is 5.83. The van der Waals surface area contributed by atoms with Crippen LogP contribution in [-0.4, -0.2) is 26.6 Å². The van der Waals surface area contributed by atoms with Crippen molar-refractivity contribution in [3.63, 3.8) is 0 Å². The summed E-state index contributed by atoms with van der Waals surface area (Å²) in [5.74, 6) is 0.722. The van der Waals surface area contributed by atoms with Gasteiger partial charge < -0.3 is 10.1 Å². The fraction of sp³-hybridized carbons (Fsp3) is 0.524. The first kappa shape index (κ1) is 19.6. The Labute approximate surface area is 176 Å². The summed E-state index contributed by atoms with van der Waals surface area (Å²) in [7, 11) is -3.49. The number of nitrogens with one attached hydrogen (secondary N) is 1. The van der Waals surface area contributed by atoms with Gasteiger partial charge in [-0.1, -0.05) is 26.8 Å². The van der Waals surface area contributed by atoms with E-state index in [4.69, 9.17) is 9.88 Å². The third-order valence-corrected chi connectivity index (χ3v) is 7.59. The molecule has 2 heterocycles. The van der Waals surface area contributed by atoms with Gasteiger partial charge in [0.15, 0.2) is 9.92 Å². The predicted octanol–water partition coefficient (Wildman–Crippen LogP) is 3.38. The Kier molecular flexibility index (Phi) is 4.27. The van der Waals surface area contributed by atoms with Crippen LogP contribution in [0.4, 0.5) is 10.5 Å². The zero-order valence-electron chi connectivity index (χ0n) is 17.5. The lowest BCUT2D eigenvalue weighted by Gasteiger charge is -2.32. The monoisotopic (exact) mass is 429 g/mol. The molecule has 1 aliphatic heterocycles. The van der Waals surface area contributed by atoms with Crippen molar-refractivity contribution in [2.75, 3.05) is 11.9 Å². The minimum absolute atomic E-state index is 0.0907. The third kappa shape index (κ3) is 3.11. The van der Waals surface area contributed by atoms with E-state index < -0.39 is 15.9 Å². The van der Waals surface area contributed by atoms with E-state index in [2.05, 4.69) is 41.6 Å². The van der Waals surface area contributed by atoms with Gasteiger partial charge in [-0.05, 0) is 53.9 Å². The number of nitrogens with zero attached hydrogens (tertiary/aromatic N) is 3. The van der Waals surface area contributed by atoms with E-state index in [0.717, 1.165) is 31.4 Å². The molecule has 160 valence electrons. The van der Waals surface area contributed by atoms with Crippen molar-refractivity contribution in [1.82, 2.24) is 9.78 Å². The number of aromatic nitrogens is 2. The Morgan fingerprint density at radius 1 is 1.40 bits per heavy atom. The van der Waals surface area contributed by atoms with Crippen LogP contribution in [0.25, 0.3) is 0 Å². The van der Waals surface area contributed by atoms with E-state index in [1.807, 2.05) is 0 Å². The first-order valence-corrected chi connectivity index (χ1v) is 11.9. The summed E-state index contributed by atoms with van der Waals surface area (Å²) in [6.45, 7) is 7.34. The molecule has 9 heteroatoms. The van der Waals surface area contributed by atoms with Gasteiger partial charge >= 0.3 is 6.03 Å². The van der Waals surface area contributed by atoms with Crippen molar-refractivity contribution in [3.8, 4) is 5.88 Å². The van der Waals surface area contributed by atoms with Crippen LogP contribution in [0.2, 0.25) is 0 Å². The standard InChI is InChI=1S/C21H27N5O3S/c1-12-7-14-8-13-5-4-6-15(13)18(17(12)14)24-20(27)25-30(22,28)16-9-23-26-10-21(2,3)11-29-19(16)26/h8-9,12H,4-7,10-11H2,1-3H3,(H3,22,24,25,27,28). The Morgan fingerprint density at radius 2 is 2.20 bits per heavy atom. The molecule has 3 N–H and O–H groups in total. The van der Waals surface area contributed by atoms with Crippen molar-refractivity contribution < 1.29 is 13.7 Å². The lowest BCUT2D eigenvalue weighted by molar-refractivity contribution is 0.0972. The number of hydrogen-bond donors (Lipinski definition) is 2. The molecule has 2 unspecified atom stereocenters. The van der Waals surface area contributed by atoms with E-state index >= 15 is 0 Å². The normalized spacial score (nSPS) is 22.6. The van der Waals surface area contributed by atoms with E-state index in [1.54, 1.807) is 4.68 Å². The van der Waals surface area contributed by atoms with Gasteiger partial charge in [0.1, 0.15) is 4.90 Å². The molecule has 2 aliphatic carbocycles. The van der Waals surface area contributed by atoms with Gasteiger partial charge in [-0.25, -0.2) is 18.8 Å². The molecule has 1 aromatic heterocycles. The maximum absolute atomic E-state index is 13.2. The van der Waals surface area contributed by atoms with Crippen LogP contribution in [0, 0.1) is 5.41 Å². The number of urea groups is 1. The molecular weight excluding hydrogens is 402 g/mol. The number of carbonyl (C=O) groups is 1. The highest BCUT2D eigenvalue weighted by atomic mass is 32.2. The summed E-state index contributed by atoms with van der Waals surface area (Å²) in [6.07, 6.45) is 5.46. The molecule has 0 bridgehead atoms. The maximum Gasteiger partial charge on any atom is 0.354 e. The number of hydrogen-bond acceptors (Lipinski definition) is 4. The second-order valence-corrected chi connectivity index (χ2v) is 11.2. The molecule has 0 saturated carbocycles. The number of nitrogens with two attached hydrogens (primary N) is 1. The van der Waals surface area contributed by atoms with E-state index in [0.29, 0.717) is 24.9 Å². The molecule has 2 amide bonds. The zero-order valence-corrected chi connectivity index (χ0v) is 18.3. The van der Waals surface area contributed by atoms with Gasteiger partial charge in [0.2, 0.25) is 5.88 Å². The zero-order chi connectivity index (χ0) is 21.3. The van der Waals surface area contributed by atoms with Gasteiger partial charge in [-0.2, -0.15) is 5.10 Å². The summed E-state index contributed by atoms with van der Waals surface area (Å²) in [5, 5.41) is 13.2. The Morgan fingerprint density at radius 3 is 2.97 bits per heavy atom. The first-order chi connectivity index (χ1) is 14.1. The van der Waals surface area contributed by atoms with Gasteiger partial charge in [-0.3, -0.25) is 0 Å². The van der Waals surface area contributed by atoms with Crippen molar-refractivity contribution >= 4 is 21.6 Å². The van der Waals surface area contributed by atoms with Crippen LogP contribution in [0.1, 0.15) is 55.4 Å². The van der Waals surface area contributed by atoms with Crippen LogP contribution < -0.4 is 15.2 Å². The van der Waals surface area contributed by atoms with Crippen molar-refractivity contribution in [2.24, 2.45) is 14.9 Å². The number of ether oxygens (including phenoxy) is 1. The molecule has 1 aromatic carbocycles. The van der Waals surface area contributed by atoms with E-state index in [-0.39, 0.29) is 10.3 Å². The Bertz CT molecular complexity index is 1190. The number of carbonyl (C=O) groups excluding carboxylic acids is 1. The average molecular weight is 430 g/mol. The van der Waals surface area contributed by atoms with Crippen LogP contribution in [-0.2, 0) is 35.7 Å². The quantitative estimate of drug-likeness (QED) is 0.762. The smallest absolute Gasteiger partial charge is 0.354 e. The summed E-state index contributed by atoms with van der Waals surface area (Å²) < 4.78 is 24.4. The molecule has 0 radical (unpaired) electrons. The molecule has 5 rings (SSSR count). The minimum atomic E-state index is -3.49. The largest absolute Gasteiger partial charge is 0.476 e. The second kappa shape index (κ2) is 6.55. The van der Waals surface area contributed by atoms with E-state index in [9.17, 15) is 9.00 Å². The van der Waals surface area contributed by atoms with Crippen LogP contribution in [0.3, 0.4) is 0 Å². The summed E-state index contributed by atoms with van der Waals surface area (Å²) in [6, 6.07) is 1.58.